The second kappa shape index (κ2) is 7.11. The van der Waals surface area contributed by atoms with Gasteiger partial charge in [0, 0.05) is 14.3 Å². The molecule has 2 aromatic rings. The van der Waals surface area contributed by atoms with Crippen molar-refractivity contribution in [3.8, 4) is 0 Å². The Morgan fingerprint density at radius 1 is 1.24 bits per heavy atom. The minimum atomic E-state index is -0.577. The summed E-state index contributed by atoms with van der Waals surface area (Å²) in [5.74, 6) is 0. The van der Waals surface area contributed by atoms with Gasteiger partial charge in [-0.25, -0.2) is 4.79 Å². The van der Waals surface area contributed by atoms with Gasteiger partial charge in [0.25, 0.3) is 0 Å². The van der Waals surface area contributed by atoms with E-state index < -0.39 is 6.10 Å². The van der Waals surface area contributed by atoms with Crippen LogP contribution in [0.15, 0.2) is 42.5 Å². The number of urea groups is 1. The predicted molar refractivity (Wildman–Crippen MR) is 93.9 cm³/mol. The number of halogens is 2. The van der Waals surface area contributed by atoms with Crippen molar-refractivity contribution in [2.75, 3.05) is 10.6 Å². The molecule has 0 spiro atoms. The first-order chi connectivity index (χ1) is 9.95. The van der Waals surface area contributed by atoms with E-state index in [1.165, 1.54) is 0 Å². The minimum Gasteiger partial charge on any atom is -0.389 e. The van der Waals surface area contributed by atoms with Gasteiger partial charge < -0.3 is 15.7 Å². The Hall–Kier alpha value is -1.31. The van der Waals surface area contributed by atoms with Crippen molar-refractivity contribution in [1.82, 2.24) is 0 Å². The van der Waals surface area contributed by atoms with E-state index in [4.69, 9.17) is 11.6 Å². The first-order valence-electron chi connectivity index (χ1n) is 6.27. The minimum absolute atomic E-state index is 0.349. The lowest BCUT2D eigenvalue weighted by Gasteiger charge is -2.11. The Kier molecular flexibility index (Phi) is 5.44. The van der Waals surface area contributed by atoms with Crippen molar-refractivity contribution >= 4 is 51.6 Å². The van der Waals surface area contributed by atoms with Gasteiger partial charge in [0.15, 0.2) is 0 Å². The molecule has 4 nitrogen and oxygen atoms in total. The zero-order valence-electron chi connectivity index (χ0n) is 11.2. The fourth-order valence-electron chi connectivity index (χ4n) is 1.75. The Balaban J connectivity index is 2.06. The van der Waals surface area contributed by atoms with Gasteiger partial charge in [0.2, 0.25) is 0 Å². The first kappa shape index (κ1) is 16.1. The SMILES string of the molecule is CC(O)c1cccc(NC(=O)Nc2ccc(Cl)cc2I)c1. The molecular formula is C15H14ClIN2O2. The predicted octanol–water partition coefficient (Wildman–Crippen LogP) is 4.64. The van der Waals surface area contributed by atoms with Gasteiger partial charge in [0.05, 0.1) is 11.8 Å². The molecule has 0 heterocycles. The third-order valence-corrected chi connectivity index (χ3v) is 3.93. The number of hydrogen-bond donors (Lipinski definition) is 3. The summed E-state index contributed by atoms with van der Waals surface area (Å²) in [4.78, 5) is 12.0. The van der Waals surface area contributed by atoms with Crippen molar-refractivity contribution in [3.05, 3.63) is 56.6 Å². The number of anilines is 2. The molecule has 0 saturated carbocycles. The molecule has 6 heteroatoms. The lowest BCUT2D eigenvalue weighted by molar-refractivity contribution is 0.199. The number of hydrogen-bond acceptors (Lipinski definition) is 2. The van der Waals surface area contributed by atoms with Crippen molar-refractivity contribution in [2.24, 2.45) is 0 Å². The summed E-state index contributed by atoms with van der Waals surface area (Å²) in [7, 11) is 0. The standard InChI is InChI=1S/C15H14ClIN2O2/c1-9(20)10-3-2-4-12(7-10)18-15(21)19-14-6-5-11(16)8-13(14)17/h2-9,20H,1H3,(H2,18,19,21). The molecular weight excluding hydrogens is 403 g/mol. The first-order valence-corrected chi connectivity index (χ1v) is 7.72. The maximum atomic E-state index is 12.0. The van der Waals surface area contributed by atoms with E-state index in [0.717, 1.165) is 9.13 Å². The van der Waals surface area contributed by atoms with Crippen LogP contribution in [0.1, 0.15) is 18.6 Å². The summed E-state index contributed by atoms with van der Waals surface area (Å²) in [5.41, 5.74) is 2.05. The Labute approximate surface area is 141 Å². The van der Waals surface area contributed by atoms with Crippen LogP contribution in [0.5, 0.6) is 0 Å². The lowest BCUT2D eigenvalue weighted by atomic mass is 10.1. The van der Waals surface area contributed by atoms with E-state index in [0.29, 0.717) is 16.4 Å². The highest BCUT2D eigenvalue weighted by molar-refractivity contribution is 14.1. The van der Waals surface area contributed by atoms with E-state index in [2.05, 4.69) is 33.2 Å². The van der Waals surface area contributed by atoms with Crippen LogP contribution in [-0.2, 0) is 0 Å². The molecule has 2 aromatic carbocycles. The number of rotatable bonds is 3. The molecule has 0 fully saturated rings. The number of aliphatic hydroxyl groups is 1. The molecule has 110 valence electrons. The van der Waals surface area contributed by atoms with Gasteiger partial charge in [0.1, 0.15) is 0 Å². The van der Waals surface area contributed by atoms with Crippen LogP contribution in [0.2, 0.25) is 5.02 Å². The van der Waals surface area contributed by atoms with E-state index >= 15 is 0 Å². The third kappa shape index (κ3) is 4.59. The van der Waals surface area contributed by atoms with Crippen molar-refractivity contribution in [1.29, 1.82) is 0 Å². The van der Waals surface area contributed by atoms with Crippen LogP contribution < -0.4 is 10.6 Å². The average molecular weight is 417 g/mol. The second-order valence-electron chi connectivity index (χ2n) is 4.50. The quantitative estimate of drug-likeness (QED) is 0.638. The van der Waals surface area contributed by atoms with Crippen LogP contribution >= 0.6 is 34.2 Å². The topological polar surface area (TPSA) is 61.4 Å². The summed E-state index contributed by atoms with van der Waals surface area (Å²) in [6, 6.07) is 12.0. The normalized spacial score (nSPS) is 11.8. The van der Waals surface area contributed by atoms with E-state index in [9.17, 15) is 9.90 Å². The number of carbonyl (C=O) groups is 1. The molecule has 2 rings (SSSR count). The van der Waals surface area contributed by atoms with Crippen LogP contribution in [0.4, 0.5) is 16.2 Å². The van der Waals surface area contributed by atoms with Gasteiger partial charge >= 0.3 is 6.03 Å². The maximum absolute atomic E-state index is 12.0. The molecule has 0 aliphatic heterocycles. The summed E-state index contributed by atoms with van der Waals surface area (Å²) in [5, 5.41) is 15.6. The maximum Gasteiger partial charge on any atom is 0.323 e. The zero-order valence-corrected chi connectivity index (χ0v) is 14.1. The summed E-state index contributed by atoms with van der Waals surface area (Å²) < 4.78 is 0.855. The van der Waals surface area contributed by atoms with Gasteiger partial charge in [-0.05, 0) is 65.4 Å². The number of carbonyl (C=O) groups excluding carboxylic acids is 1. The van der Waals surface area contributed by atoms with E-state index in [-0.39, 0.29) is 6.03 Å². The highest BCUT2D eigenvalue weighted by Gasteiger charge is 2.07. The average Bonchev–Trinajstić information content (AvgIpc) is 2.42. The fourth-order valence-corrected chi connectivity index (χ4v) is 2.76. The molecule has 21 heavy (non-hydrogen) atoms. The van der Waals surface area contributed by atoms with Crippen LogP contribution in [-0.4, -0.2) is 11.1 Å². The van der Waals surface area contributed by atoms with E-state index in [1.54, 1.807) is 49.4 Å². The third-order valence-electron chi connectivity index (χ3n) is 2.81. The van der Waals surface area contributed by atoms with Gasteiger partial charge in [-0.1, -0.05) is 23.7 Å². The van der Waals surface area contributed by atoms with Gasteiger partial charge in [-0.3, -0.25) is 0 Å². The van der Waals surface area contributed by atoms with E-state index in [1.807, 2.05) is 0 Å². The van der Waals surface area contributed by atoms with Gasteiger partial charge in [-0.2, -0.15) is 0 Å². The number of amides is 2. The molecule has 0 aromatic heterocycles. The molecule has 2 amide bonds. The highest BCUT2D eigenvalue weighted by Crippen LogP contribution is 2.23. The van der Waals surface area contributed by atoms with Gasteiger partial charge in [-0.15, -0.1) is 0 Å². The highest BCUT2D eigenvalue weighted by atomic mass is 127. The molecule has 0 saturated heterocycles. The van der Waals surface area contributed by atoms with Crippen molar-refractivity contribution < 1.29 is 9.90 Å². The summed E-state index contributed by atoms with van der Waals surface area (Å²) >= 11 is 7.98. The van der Waals surface area contributed by atoms with Crippen LogP contribution in [0.3, 0.4) is 0 Å². The van der Waals surface area contributed by atoms with Crippen molar-refractivity contribution in [2.45, 2.75) is 13.0 Å². The number of nitrogens with one attached hydrogen (secondary N) is 2. The van der Waals surface area contributed by atoms with Crippen molar-refractivity contribution in [3.63, 3.8) is 0 Å². The molecule has 0 radical (unpaired) electrons. The molecule has 0 aliphatic rings. The Bertz CT molecular complexity index is 662. The van der Waals surface area contributed by atoms with Crippen LogP contribution in [0, 0.1) is 3.57 Å². The second-order valence-corrected chi connectivity index (χ2v) is 6.10. The van der Waals surface area contributed by atoms with Crippen LogP contribution in [0.25, 0.3) is 0 Å². The summed E-state index contributed by atoms with van der Waals surface area (Å²) in [6.45, 7) is 1.68. The smallest absolute Gasteiger partial charge is 0.323 e. The molecule has 1 atom stereocenters. The molecule has 0 bridgehead atoms. The molecule has 3 N–H and O–H groups in total. The number of benzene rings is 2. The largest absolute Gasteiger partial charge is 0.389 e. The molecule has 0 aliphatic carbocycles. The molecule has 1 unspecified atom stereocenters. The fraction of sp³-hybridized carbons (Fsp3) is 0.133. The zero-order chi connectivity index (χ0) is 15.4. The Morgan fingerprint density at radius 2 is 2.00 bits per heavy atom. The summed E-state index contributed by atoms with van der Waals surface area (Å²) in [6.07, 6.45) is -0.577. The lowest BCUT2D eigenvalue weighted by Crippen LogP contribution is -2.20. The monoisotopic (exact) mass is 416 g/mol. The number of aliphatic hydroxyl groups excluding tert-OH is 1. The Morgan fingerprint density at radius 3 is 2.67 bits per heavy atom.